The minimum absolute atomic E-state index is 0.251. The average Bonchev–Trinajstić information content (AvgIpc) is 3.42. The van der Waals surface area contributed by atoms with E-state index in [0.29, 0.717) is 10.8 Å². The normalized spacial score (nSPS) is 12.2. The lowest BCUT2D eigenvalue weighted by atomic mass is 9.81. The van der Waals surface area contributed by atoms with Crippen LogP contribution in [-0.4, -0.2) is 0 Å². The van der Waals surface area contributed by atoms with E-state index in [1.807, 2.05) is 39.0 Å². The molecule has 0 spiro atoms. The molecule has 1 heteroatoms. The van der Waals surface area contributed by atoms with Crippen LogP contribution in [0.2, 0.25) is 0 Å². The molecule has 0 fully saturated rings. The van der Waals surface area contributed by atoms with Crippen LogP contribution in [-0.2, 0) is 32.5 Å². The maximum absolute atomic E-state index is 2.33. The van der Waals surface area contributed by atoms with E-state index in [2.05, 4.69) is 185 Å². The Kier molecular flexibility index (Phi) is 18.0. The minimum atomic E-state index is 0.251. The predicted octanol–water partition coefficient (Wildman–Crippen LogP) is 15.0. The van der Waals surface area contributed by atoms with Crippen molar-refractivity contribution in [2.75, 3.05) is 0 Å². The first-order valence-electron chi connectivity index (χ1n) is 17.5. The molecule has 1 aromatic heterocycles. The number of hydrogen-bond donors (Lipinski definition) is 0. The molecular weight excluding hydrogens is 561 g/mol. The number of benzene rings is 2. The topological polar surface area (TPSA) is 0 Å². The van der Waals surface area contributed by atoms with E-state index in [9.17, 15) is 0 Å². The van der Waals surface area contributed by atoms with Gasteiger partial charge in [-0.3, -0.25) is 0 Å². The van der Waals surface area contributed by atoms with Crippen molar-refractivity contribution in [2.24, 2.45) is 0 Å². The van der Waals surface area contributed by atoms with E-state index in [4.69, 9.17) is 0 Å². The zero-order chi connectivity index (χ0) is 36.2. The fourth-order valence-electron chi connectivity index (χ4n) is 4.07. The van der Waals surface area contributed by atoms with Crippen LogP contribution in [0.3, 0.4) is 0 Å². The Hall–Kier alpha value is -1.86. The van der Waals surface area contributed by atoms with Crippen LogP contribution in [0.15, 0.2) is 60.7 Å². The van der Waals surface area contributed by atoms with Gasteiger partial charge in [0.1, 0.15) is 0 Å². The largest absolute Gasteiger partial charge is 0.144 e. The molecule has 258 valence electrons. The van der Waals surface area contributed by atoms with Crippen molar-refractivity contribution in [1.29, 1.82) is 0 Å². The van der Waals surface area contributed by atoms with Crippen LogP contribution >= 0.6 is 11.3 Å². The van der Waals surface area contributed by atoms with Crippen molar-refractivity contribution in [3.63, 3.8) is 0 Å². The van der Waals surface area contributed by atoms with Gasteiger partial charge in [0.15, 0.2) is 0 Å². The Morgan fingerprint density at radius 1 is 0.311 bits per heavy atom. The van der Waals surface area contributed by atoms with Crippen molar-refractivity contribution in [3.05, 3.63) is 92.7 Å². The molecule has 0 nitrogen and oxygen atoms in total. The van der Waals surface area contributed by atoms with Crippen LogP contribution in [0.5, 0.6) is 0 Å². The second kappa shape index (κ2) is 17.9. The van der Waals surface area contributed by atoms with Gasteiger partial charge < -0.3 is 0 Å². The Balaban J connectivity index is 0. The third kappa shape index (κ3) is 17.0. The molecule has 0 aliphatic heterocycles. The predicted molar refractivity (Wildman–Crippen MR) is 212 cm³/mol. The molecule has 1 heterocycles. The summed E-state index contributed by atoms with van der Waals surface area (Å²) in [5, 5.41) is 0. The zero-order valence-electron chi connectivity index (χ0n) is 34.2. The third-order valence-corrected chi connectivity index (χ3v) is 9.23. The van der Waals surface area contributed by atoms with E-state index < -0.39 is 0 Å². The van der Waals surface area contributed by atoms with Gasteiger partial charge in [-0.1, -0.05) is 201 Å². The lowest BCUT2D eigenvalue weighted by Gasteiger charge is -2.24. The first-order chi connectivity index (χ1) is 20.1. The fourth-order valence-corrected chi connectivity index (χ4v) is 5.19. The second-order valence-corrected chi connectivity index (χ2v) is 18.9. The highest BCUT2D eigenvalue weighted by molar-refractivity contribution is 7.12. The number of thiophene rings is 1. The minimum Gasteiger partial charge on any atom is -0.144 e. The molecule has 0 aliphatic carbocycles. The summed E-state index contributed by atoms with van der Waals surface area (Å²) in [7, 11) is 0. The summed E-state index contributed by atoms with van der Waals surface area (Å²) in [6.07, 6.45) is 0. The molecule has 0 saturated carbocycles. The van der Waals surface area contributed by atoms with Crippen LogP contribution in [0, 0.1) is 0 Å². The van der Waals surface area contributed by atoms with Gasteiger partial charge in [-0.05, 0) is 66.9 Å². The number of hydrogen-bond acceptors (Lipinski definition) is 1. The molecule has 0 unspecified atom stereocenters. The lowest BCUT2D eigenvalue weighted by Crippen LogP contribution is -2.15. The molecule has 3 aromatic rings. The number of rotatable bonds is 0. The lowest BCUT2D eigenvalue weighted by molar-refractivity contribution is 0.568. The molecule has 45 heavy (non-hydrogen) atoms. The maximum Gasteiger partial charge on any atom is 0.0102 e. The standard InChI is InChI=1S/2C14H22.C12H20S.2C2H6/c1-13(2,3)11-7-9-12(10-8-11)14(4,5)6;1-13(2,3)11-8-7-9-12(10-11)14(4,5)6;1-11(2,3)9-7-8-10(13-9)12(4,5)6;2*1-2/h2*7-10H,1-6H3;7-8H,1-6H3;2*1-2H3. The average molecular weight is 637 g/mol. The summed E-state index contributed by atoms with van der Waals surface area (Å²) >= 11 is 1.95. The molecule has 0 N–H and O–H groups in total. The molecule has 0 saturated heterocycles. The van der Waals surface area contributed by atoms with Crippen LogP contribution in [0.4, 0.5) is 0 Å². The van der Waals surface area contributed by atoms with Gasteiger partial charge in [0.05, 0.1) is 0 Å². The fraction of sp³-hybridized carbons (Fsp3) is 0.636. The third-order valence-electron chi connectivity index (χ3n) is 7.30. The highest BCUT2D eigenvalue weighted by Crippen LogP contribution is 2.35. The molecule has 0 aliphatic rings. The molecule has 0 bridgehead atoms. The maximum atomic E-state index is 2.33. The van der Waals surface area contributed by atoms with Crippen molar-refractivity contribution in [3.8, 4) is 0 Å². The van der Waals surface area contributed by atoms with E-state index >= 15 is 0 Å². The van der Waals surface area contributed by atoms with Crippen LogP contribution in [0.1, 0.15) is 184 Å². The van der Waals surface area contributed by atoms with E-state index in [-0.39, 0.29) is 21.7 Å². The molecule has 2 aromatic carbocycles. The zero-order valence-corrected chi connectivity index (χ0v) is 35.0. The summed E-state index contributed by atoms with van der Waals surface area (Å²) in [5.74, 6) is 0. The van der Waals surface area contributed by atoms with E-state index in [0.717, 1.165) is 0 Å². The molecule has 0 radical (unpaired) electrons. The second-order valence-electron chi connectivity index (χ2n) is 17.8. The van der Waals surface area contributed by atoms with E-state index in [1.165, 1.54) is 32.0 Å². The quantitative estimate of drug-likeness (QED) is 0.230. The van der Waals surface area contributed by atoms with Gasteiger partial charge in [0.2, 0.25) is 0 Å². The van der Waals surface area contributed by atoms with Gasteiger partial charge in [-0.25, -0.2) is 0 Å². The first-order valence-corrected chi connectivity index (χ1v) is 18.3. The highest BCUT2D eigenvalue weighted by Gasteiger charge is 2.21. The monoisotopic (exact) mass is 637 g/mol. The molecular formula is C44H76S. The molecule has 0 amide bonds. The Morgan fingerprint density at radius 3 is 0.733 bits per heavy atom. The van der Waals surface area contributed by atoms with E-state index in [1.54, 1.807) is 0 Å². The van der Waals surface area contributed by atoms with Gasteiger partial charge in [-0.15, -0.1) is 11.3 Å². The Morgan fingerprint density at radius 2 is 0.556 bits per heavy atom. The summed E-state index contributed by atoms with van der Waals surface area (Å²) in [5.41, 5.74) is 7.28. The van der Waals surface area contributed by atoms with Crippen LogP contribution < -0.4 is 0 Å². The SMILES string of the molecule is CC.CC.CC(C)(C)c1ccc(C(C)(C)C)cc1.CC(C)(C)c1ccc(C(C)(C)C)s1.CC(C)(C)c1cccc(C(C)(C)C)c1. The van der Waals surface area contributed by atoms with Crippen LogP contribution in [0.25, 0.3) is 0 Å². The van der Waals surface area contributed by atoms with Crippen molar-refractivity contribution >= 4 is 11.3 Å². The van der Waals surface area contributed by atoms with Gasteiger partial charge in [0, 0.05) is 9.75 Å². The summed E-state index contributed by atoms with van der Waals surface area (Å²) in [6.45, 7) is 48.7. The Bertz CT molecular complexity index is 1100. The molecule has 0 atom stereocenters. The van der Waals surface area contributed by atoms with Crippen molar-refractivity contribution in [1.82, 2.24) is 0 Å². The van der Waals surface area contributed by atoms with Gasteiger partial charge in [-0.2, -0.15) is 0 Å². The summed E-state index contributed by atoms with van der Waals surface area (Å²) in [4.78, 5) is 2.97. The van der Waals surface area contributed by atoms with Gasteiger partial charge in [0.25, 0.3) is 0 Å². The summed E-state index contributed by atoms with van der Waals surface area (Å²) < 4.78 is 0. The Labute approximate surface area is 287 Å². The highest BCUT2D eigenvalue weighted by atomic mass is 32.1. The van der Waals surface area contributed by atoms with Crippen molar-refractivity contribution in [2.45, 2.75) is 185 Å². The van der Waals surface area contributed by atoms with Gasteiger partial charge >= 0.3 is 0 Å². The first kappa shape index (κ1) is 45.3. The molecule has 3 rings (SSSR count). The smallest absolute Gasteiger partial charge is 0.0102 e. The van der Waals surface area contributed by atoms with Crippen molar-refractivity contribution < 1.29 is 0 Å². The summed E-state index contributed by atoms with van der Waals surface area (Å²) in [6, 6.07) is 22.5.